The Hall–Kier alpha value is -1.41. The van der Waals surface area contributed by atoms with Crippen molar-refractivity contribution < 1.29 is 9.53 Å². The van der Waals surface area contributed by atoms with Crippen LogP contribution in [0.5, 0.6) is 0 Å². The van der Waals surface area contributed by atoms with Gasteiger partial charge in [-0.15, -0.1) is 0 Å². The van der Waals surface area contributed by atoms with Gasteiger partial charge in [-0.05, 0) is 30.2 Å². The highest BCUT2D eigenvalue weighted by Crippen LogP contribution is 2.28. The van der Waals surface area contributed by atoms with Crippen molar-refractivity contribution in [2.45, 2.75) is 25.9 Å². The van der Waals surface area contributed by atoms with Crippen LogP contribution >= 0.6 is 0 Å². The number of carbonyl (C=O) groups is 1. The largest absolute Gasteiger partial charge is 0.376 e. The Bertz CT molecular complexity index is 383. The Morgan fingerprint density at radius 3 is 2.56 bits per heavy atom. The summed E-state index contributed by atoms with van der Waals surface area (Å²) in [5, 5.41) is 0. The van der Waals surface area contributed by atoms with Crippen molar-refractivity contribution in [3.05, 3.63) is 48.0 Å². The van der Waals surface area contributed by atoms with Crippen molar-refractivity contribution >= 4 is 6.29 Å². The van der Waals surface area contributed by atoms with E-state index in [1.165, 1.54) is 5.56 Å². The van der Waals surface area contributed by atoms with Gasteiger partial charge in [-0.25, -0.2) is 0 Å². The summed E-state index contributed by atoms with van der Waals surface area (Å²) in [6.45, 7) is 1.41. The van der Waals surface area contributed by atoms with Crippen LogP contribution in [0.4, 0.5) is 0 Å². The van der Waals surface area contributed by atoms with E-state index in [0.29, 0.717) is 24.9 Å². The van der Waals surface area contributed by atoms with Crippen LogP contribution in [0, 0.1) is 11.8 Å². The molecule has 2 heteroatoms. The standard InChI is InChI=1S/C16H20O2/c17-11-10-15-8-4-5-9-16(15)13-18-12-14-6-2-1-3-7-14/h1-7,11,15-16H,8-10,12-13H2/t15-,16+/m0/s1. The third-order valence-corrected chi connectivity index (χ3v) is 3.55. The average Bonchev–Trinajstić information content (AvgIpc) is 2.42. The highest BCUT2D eigenvalue weighted by Gasteiger charge is 2.22. The van der Waals surface area contributed by atoms with Crippen LogP contribution in [0.1, 0.15) is 24.8 Å². The first-order valence-electron chi connectivity index (χ1n) is 6.60. The number of benzene rings is 1. The number of rotatable bonds is 6. The summed E-state index contributed by atoms with van der Waals surface area (Å²) < 4.78 is 5.79. The first kappa shape index (κ1) is 13.0. The third kappa shape index (κ3) is 3.81. The lowest BCUT2D eigenvalue weighted by Crippen LogP contribution is -2.22. The molecule has 0 radical (unpaired) electrons. The second kappa shape index (κ2) is 7.12. The number of carbonyl (C=O) groups excluding carboxylic acids is 1. The summed E-state index contributed by atoms with van der Waals surface area (Å²) in [5.74, 6) is 0.951. The van der Waals surface area contributed by atoms with Crippen LogP contribution in [-0.2, 0) is 16.1 Å². The fraction of sp³-hybridized carbons (Fsp3) is 0.438. The molecule has 0 amide bonds. The van der Waals surface area contributed by atoms with Crippen molar-refractivity contribution in [1.82, 2.24) is 0 Å². The number of hydrogen-bond acceptors (Lipinski definition) is 2. The Morgan fingerprint density at radius 2 is 1.83 bits per heavy atom. The van der Waals surface area contributed by atoms with Gasteiger partial charge >= 0.3 is 0 Å². The fourth-order valence-electron chi connectivity index (χ4n) is 2.45. The van der Waals surface area contributed by atoms with Crippen molar-refractivity contribution in [2.24, 2.45) is 11.8 Å². The van der Waals surface area contributed by atoms with E-state index in [2.05, 4.69) is 24.3 Å². The molecule has 0 N–H and O–H groups in total. The number of aldehydes is 1. The third-order valence-electron chi connectivity index (χ3n) is 3.55. The lowest BCUT2D eigenvalue weighted by atomic mass is 9.82. The average molecular weight is 244 g/mol. The summed E-state index contributed by atoms with van der Waals surface area (Å²) >= 11 is 0. The molecular weight excluding hydrogens is 224 g/mol. The minimum absolute atomic E-state index is 0.461. The van der Waals surface area contributed by atoms with Gasteiger partial charge in [-0.1, -0.05) is 42.5 Å². The van der Waals surface area contributed by atoms with E-state index in [0.717, 1.165) is 25.7 Å². The molecule has 0 heterocycles. The summed E-state index contributed by atoms with van der Waals surface area (Å²) in [6.07, 6.45) is 8.13. The normalized spacial score (nSPS) is 22.9. The van der Waals surface area contributed by atoms with Gasteiger partial charge in [0.05, 0.1) is 13.2 Å². The molecule has 0 spiro atoms. The maximum absolute atomic E-state index is 10.6. The Labute approximate surface area is 109 Å². The van der Waals surface area contributed by atoms with E-state index in [-0.39, 0.29) is 0 Å². The van der Waals surface area contributed by atoms with Crippen LogP contribution in [0.2, 0.25) is 0 Å². The topological polar surface area (TPSA) is 26.3 Å². The smallest absolute Gasteiger partial charge is 0.120 e. The molecule has 2 rings (SSSR count). The molecule has 0 saturated heterocycles. The van der Waals surface area contributed by atoms with Gasteiger partial charge in [-0.3, -0.25) is 0 Å². The molecule has 1 aliphatic carbocycles. The number of ether oxygens (including phenoxy) is 1. The van der Waals surface area contributed by atoms with Crippen LogP contribution < -0.4 is 0 Å². The molecule has 1 aromatic rings. The highest BCUT2D eigenvalue weighted by molar-refractivity contribution is 5.50. The number of allylic oxidation sites excluding steroid dienone is 2. The zero-order chi connectivity index (χ0) is 12.6. The minimum atomic E-state index is 0.461. The molecule has 0 unspecified atom stereocenters. The lowest BCUT2D eigenvalue weighted by molar-refractivity contribution is -0.109. The van der Waals surface area contributed by atoms with Crippen LogP contribution in [-0.4, -0.2) is 12.9 Å². The van der Waals surface area contributed by atoms with Crippen LogP contribution in [0.3, 0.4) is 0 Å². The minimum Gasteiger partial charge on any atom is -0.376 e. The van der Waals surface area contributed by atoms with E-state index in [1.54, 1.807) is 0 Å². The Balaban J connectivity index is 1.78. The molecule has 0 bridgehead atoms. The second-order valence-electron chi connectivity index (χ2n) is 4.87. The van der Waals surface area contributed by atoms with E-state index < -0.39 is 0 Å². The fourth-order valence-corrected chi connectivity index (χ4v) is 2.45. The summed E-state index contributed by atoms with van der Waals surface area (Å²) in [7, 11) is 0. The van der Waals surface area contributed by atoms with Crippen molar-refractivity contribution in [1.29, 1.82) is 0 Å². The molecule has 18 heavy (non-hydrogen) atoms. The van der Waals surface area contributed by atoms with E-state index >= 15 is 0 Å². The zero-order valence-corrected chi connectivity index (χ0v) is 10.6. The molecular formula is C16H20O2. The quantitative estimate of drug-likeness (QED) is 0.566. The SMILES string of the molecule is O=CC[C@@H]1CC=CC[C@@H]1COCc1ccccc1. The first-order chi connectivity index (χ1) is 8.90. The second-order valence-corrected chi connectivity index (χ2v) is 4.87. The summed E-state index contributed by atoms with van der Waals surface area (Å²) in [5.41, 5.74) is 1.20. The molecule has 0 saturated carbocycles. The van der Waals surface area contributed by atoms with Crippen LogP contribution in [0.15, 0.2) is 42.5 Å². The molecule has 96 valence electrons. The molecule has 0 aliphatic heterocycles. The maximum atomic E-state index is 10.6. The van der Waals surface area contributed by atoms with Gasteiger partial charge < -0.3 is 9.53 Å². The summed E-state index contributed by atoms with van der Waals surface area (Å²) in [4.78, 5) is 10.6. The molecule has 0 fully saturated rings. The molecule has 1 aromatic carbocycles. The molecule has 2 nitrogen and oxygen atoms in total. The lowest BCUT2D eigenvalue weighted by Gasteiger charge is -2.26. The Kier molecular flexibility index (Phi) is 5.15. The number of hydrogen-bond donors (Lipinski definition) is 0. The van der Waals surface area contributed by atoms with Crippen molar-refractivity contribution in [3.8, 4) is 0 Å². The van der Waals surface area contributed by atoms with Crippen molar-refractivity contribution in [3.63, 3.8) is 0 Å². The predicted molar refractivity (Wildman–Crippen MR) is 72.1 cm³/mol. The molecule has 1 aliphatic rings. The summed E-state index contributed by atoms with van der Waals surface area (Å²) in [6, 6.07) is 10.2. The predicted octanol–water partition coefficient (Wildman–Crippen LogP) is 3.37. The maximum Gasteiger partial charge on any atom is 0.120 e. The van der Waals surface area contributed by atoms with Gasteiger partial charge in [0.15, 0.2) is 0 Å². The van der Waals surface area contributed by atoms with Crippen molar-refractivity contribution in [2.75, 3.05) is 6.61 Å². The van der Waals surface area contributed by atoms with Gasteiger partial charge in [0.1, 0.15) is 6.29 Å². The first-order valence-corrected chi connectivity index (χ1v) is 6.60. The van der Waals surface area contributed by atoms with Gasteiger partial charge in [0.25, 0.3) is 0 Å². The molecule has 2 atom stereocenters. The van der Waals surface area contributed by atoms with E-state index in [9.17, 15) is 4.79 Å². The van der Waals surface area contributed by atoms with E-state index in [1.807, 2.05) is 18.2 Å². The van der Waals surface area contributed by atoms with Gasteiger partial charge in [-0.2, -0.15) is 0 Å². The van der Waals surface area contributed by atoms with E-state index in [4.69, 9.17) is 4.74 Å². The van der Waals surface area contributed by atoms with Crippen LogP contribution in [0.25, 0.3) is 0 Å². The van der Waals surface area contributed by atoms with Gasteiger partial charge in [0, 0.05) is 6.42 Å². The monoisotopic (exact) mass is 244 g/mol. The highest BCUT2D eigenvalue weighted by atomic mass is 16.5. The Morgan fingerprint density at radius 1 is 1.11 bits per heavy atom. The molecule has 0 aromatic heterocycles. The zero-order valence-electron chi connectivity index (χ0n) is 10.6. The van der Waals surface area contributed by atoms with Gasteiger partial charge in [0.2, 0.25) is 0 Å².